The largest absolute Gasteiger partial charge is 0.351 e. The first-order valence-corrected chi connectivity index (χ1v) is 16.0. The molecule has 0 saturated heterocycles. The molecule has 5 rings (SSSR count). The Morgan fingerprint density at radius 3 is 2.49 bits per heavy atom. The van der Waals surface area contributed by atoms with Gasteiger partial charge in [0.1, 0.15) is 0 Å². The van der Waals surface area contributed by atoms with Crippen molar-refractivity contribution in [1.29, 1.82) is 0 Å². The summed E-state index contributed by atoms with van der Waals surface area (Å²) in [4.78, 5) is 17.0. The van der Waals surface area contributed by atoms with Gasteiger partial charge < -0.3 is 10.6 Å². The van der Waals surface area contributed by atoms with Gasteiger partial charge in [-0.3, -0.25) is 4.79 Å². The quantitative estimate of drug-likeness (QED) is 0.263. The number of hydrogen-bond donors (Lipinski definition) is 2. The van der Waals surface area contributed by atoms with Gasteiger partial charge in [0.2, 0.25) is 5.91 Å². The van der Waals surface area contributed by atoms with E-state index in [-0.39, 0.29) is 17.9 Å². The second-order valence-electron chi connectivity index (χ2n) is 9.45. The van der Waals surface area contributed by atoms with E-state index in [4.69, 9.17) is 0 Å². The molecule has 0 radical (unpaired) electrons. The van der Waals surface area contributed by atoms with Crippen molar-refractivity contribution in [2.24, 2.45) is 5.92 Å². The van der Waals surface area contributed by atoms with Crippen LogP contribution < -0.4 is 10.6 Å². The lowest BCUT2D eigenvalue weighted by Crippen LogP contribution is -2.41. The molecule has 1 saturated carbocycles. The average Bonchev–Trinajstić information content (AvgIpc) is 3.67. The molecule has 1 fully saturated rings. The van der Waals surface area contributed by atoms with Crippen molar-refractivity contribution in [1.82, 2.24) is 10.6 Å². The second-order valence-corrected chi connectivity index (χ2v) is 13.6. The van der Waals surface area contributed by atoms with Crippen molar-refractivity contribution in [3.8, 4) is 20.9 Å². The Morgan fingerprint density at radius 1 is 0.919 bits per heavy atom. The predicted octanol–water partition coefficient (Wildman–Crippen LogP) is 6.12. The number of carbonyl (C=O) groups is 1. The maximum atomic E-state index is 13.0. The van der Waals surface area contributed by atoms with Crippen molar-refractivity contribution in [2.75, 3.05) is 6.26 Å². The molecule has 192 valence electrons. The van der Waals surface area contributed by atoms with Gasteiger partial charge in [-0.05, 0) is 53.6 Å². The van der Waals surface area contributed by atoms with Gasteiger partial charge in [0.05, 0.1) is 17.4 Å². The van der Waals surface area contributed by atoms with Gasteiger partial charge in [-0.15, -0.1) is 22.7 Å². The van der Waals surface area contributed by atoms with Crippen LogP contribution in [0.25, 0.3) is 20.9 Å². The van der Waals surface area contributed by atoms with Crippen molar-refractivity contribution < 1.29 is 13.2 Å². The minimum atomic E-state index is -3.31. The first-order valence-electron chi connectivity index (χ1n) is 12.4. The van der Waals surface area contributed by atoms with Crippen LogP contribution >= 0.6 is 22.7 Å². The van der Waals surface area contributed by atoms with Crippen LogP contribution in [0, 0.1) is 5.92 Å². The Hall–Kier alpha value is -2.78. The highest BCUT2D eigenvalue weighted by Crippen LogP contribution is 2.32. The van der Waals surface area contributed by atoms with E-state index in [9.17, 15) is 13.2 Å². The molecule has 37 heavy (non-hydrogen) atoms. The van der Waals surface area contributed by atoms with E-state index < -0.39 is 9.84 Å². The summed E-state index contributed by atoms with van der Waals surface area (Å²) in [5.41, 5.74) is 2.69. The average molecular weight is 551 g/mol. The summed E-state index contributed by atoms with van der Waals surface area (Å²) in [6, 6.07) is 23.6. The normalized spacial score (nSPS) is 17.6. The van der Waals surface area contributed by atoms with Crippen LogP contribution in [0.4, 0.5) is 0 Å². The molecular formula is C29H30N2O3S3. The molecule has 2 aromatic carbocycles. The Morgan fingerprint density at radius 2 is 1.73 bits per heavy atom. The van der Waals surface area contributed by atoms with E-state index in [0.29, 0.717) is 23.5 Å². The number of carbonyl (C=O) groups excluding carboxylic acids is 1. The van der Waals surface area contributed by atoms with Gasteiger partial charge >= 0.3 is 0 Å². The molecule has 2 aromatic heterocycles. The molecular weight excluding hydrogens is 521 g/mol. The predicted molar refractivity (Wildman–Crippen MR) is 152 cm³/mol. The molecule has 2 heterocycles. The molecule has 1 amide bonds. The Kier molecular flexibility index (Phi) is 7.90. The Balaban J connectivity index is 1.16. The van der Waals surface area contributed by atoms with E-state index >= 15 is 0 Å². The van der Waals surface area contributed by atoms with Gasteiger partial charge in [-0.1, -0.05) is 55.0 Å². The van der Waals surface area contributed by atoms with E-state index in [1.165, 1.54) is 16.0 Å². The standard InChI is InChI=1S/C29H30N2O3S3/c1-37(33,34)28-10-3-2-6-23(28)21-13-11-20(12-14-21)18-30-25-8-4-7-24(25)29(32)31-19-22-15-16-27(36-22)26-9-5-17-35-26/h2-3,5-6,9-17,24-25,30H,4,7-8,18-19H2,1H3,(H,31,32). The minimum absolute atomic E-state index is 0.0300. The zero-order valence-corrected chi connectivity index (χ0v) is 23.1. The van der Waals surface area contributed by atoms with Gasteiger partial charge in [0.15, 0.2) is 9.84 Å². The molecule has 0 bridgehead atoms. The number of thiophene rings is 2. The molecule has 0 aliphatic heterocycles. The van der Waals surface area contributed by atoms with Crippen molar-refractivity contribution in [3.05, 3.63) is 88.6 Å². The fraction of sp³-hybridized carbons (Fsp3) is 0.276. The van der Waals surface area contributed by atoms with Crippen molar-refractivity contribution >= 4 is 38.4 Å². The number of sulfone groups is 1. The lowest BCUT2D eigenvalue weighted by molar-refractivity contribution is -0.125. The number of hydrogen-bond acceptors (Lipinski definition) is 6. The highest BCUT2D eigenvalue weighted by atomic mass is 32.2. The number of amides is 1. The monoisotopic (exact) mass is 550 g/mol. The van der Waals surface area contributed by atoms with Crippen molar-refractivity contribution in [2.45, 2.75) is 43.3 Å². The van der Waals surface area contributed by atoms with E-state index in [1.807, 2.05) is 36.4 Å². The summed E-state index contributed by atoms with van der Waals surface area (Å²) >= 11 is 3.46. The van der Waals surface area contributed by atoms with Gasteiger partial charge in [0.25, 0.3) is 0 Å². The maximum Gasteiger partial charge on any atom is 0.224 e. The maximum absolute atomic E-state index is 13.0. The van der Waals surface area contributed by atoms with Crippen LogP contribution in [-0.4, -0.2) is 26.6 Å². The lowest BCUT2D eigenvalue weighted by Gasteiger charge is -2.20. The zero-order chi connectivity index (χ0) is 25.8. The van der Waals surface area contributed by atoms with Gasteiger partial charge in [-0.2, -0.15) is 0 Å². The van der Waals surface area contributed by atoms with Crippen molar-refractivity contribution in [3.63, 3.8) is 0 Å². The summed E-state index contributed by atoms with van der Waals surface area (Å²) in [5.74, 6) is 0.0893. The Labute approximate surface area is 226 Å². The number of rotatable bonds is 9. The molecule has 1 aliphatic rings. The lowest BCUT2D eigenvalue weighted by atomic mass is 10.0. The van der Waals surface area contributed by atoms with E-state index in [0.717, 1.165) is 35.3 Å². The third-order valence-electron chi connectivity index (χ3n) is 6.84. The summed E-state index contributed by atoms with van der Waals surface area (Å²) in [6.45, 7) is 1.23. The molecule has 4 aromatic rings. The zero-order valence-electron chi connectivity index (χ0n) is 20.6. The molecule has 5 nitrogen and oxygen atoms in total. The van der Waals surface area contributed by atoms with E-state index in [1.54, 1.807) is 34.8 Å². The van der Waals surface area contributed by atoms with Crippen LogP contribution in [0.15, 0.2) is 83.1 Å². The first kappa shape index (κ1) is 25.9. The Bertz CT molecular complexity index is 1460. The first-order chi connectivity index (χ1) is 17.9. The fourth-order valence-electron chi connectivity index (χ4n) is 4.93. The molecule has 2 atom stereocenters. The van der Waals surface area contributed by atoms with Crippen LogP contribution in [0.1, 0.15) is 29.7 Å². The molecule has 2 N–H and O–H groups in total. The topological polar surface area (TPSA) is 75.3 Å². The van der Waals surface area contributed by atoms with Gasteiger partial charge in [-0.25, -0.2) is 8.42 Å². The second kappa shape index (κ2) is 11.3. The van der Waals surface area contributed by atoms with E-state index in [2.05, 4.69) is 40.3 Å². The molecule has 2 unspecified atom stereocenters. The molecule has 0 spiro atoms. The third-order valence-corrected chi connectivity index (χ3v) is 10.1. The highest BCUT2D eigenvalue weighted by molar-refractivity contribution is 7.90. The number of benzene rings is 2. The van der Waals surface area contributed by atoms with Crippen LogP contribution in [0.3, 0.4) is 0 Å². The fourth-order valence-corrected chi connectivity index (χ4v) is 7.62. The van der Waals surface area contributed by atoms with Crippen LogP contribution in [-0.2, 0) is 27.7 Å². The SMILES string of the molecule is CS(=O)(=O)c1ccccc1-c1ccc(CNC2CCCC2C(=O)NCc2ccc(-c3cccs3)s2)cc1. The smallest absolute Gasteiger partial charge is 0.224 e. The minimum Gasteiger partial charge on any atom is -0.351 e. The van der Waals surface area contributed by atoms with Crippen LogP contribution in [0.2, 0.25) is 0 Å². The van der Waals surface area contributed by atoms with Gasteiger partial charge in [0, 0.05) is 39.0 Å². The molecule has 1 aliphatic carbocycles. The molecule has 8 heteroatoms. The summed E-state index contributed by atoms with van der Waals surface area (Å²) in [7, 11) is -3.31. The summed E-state index contributed by atoms with van der Waals surface area (Å²) < 4.78 is 24.3. The third kappa shape index (κ3) is 6.21. The summed E-state index contributed by atoms with van der Waals surface area (Å²) in [6.07, 6.45) is 4.16. The number of nitrogens with one attached hydrogen (secondary N) is 2. The highest BCUT2D eigenvalue weighted by Gasteiger charge is 2.32. The van der Waals surface area contributed by atoms with Crippen LogP contribution in [0.5, 0.6) is 0 Å². The summed E-state index contributed by atoms with van der Waals surface area (Å²) in [5, 5.41) is 8.83.